The molecule has 0 spiro atoms. The first-order valence-corrected chi connectivity index (χ1v) is 19.5. The number of hydrogen-bond acceptors (Lipinski definition) is 8. The number of likely N-dealkylation sites (tertiary alicyclic amines) is 1. The average molecular weight is 729 g/mol. The molecule has 0 aliphatic carbocycles. The van der Waals surface area contributed by atoms with E-state index < -0.39 is 5.60 Å². The van der Waals surface area contributed by atoms with Crippen LogP contribution in [0.15, 0.2) is 91.0 Å². The van der Waals surface area contributed by atoms with Crippen molar-refractivity contribution in [1.29, 1.82) is 0 Å². The van der Waals surface area contributed by atoms with Crippen molar-refractivity contribution in [3.05, 3.63) is 102 Å². The molecule has 8 rings (SSSR count). The van der Waals surface area contributed by atoms with Gasteiger partial charge in [0, 0.05) is 63.3 Å². The number of carbonyl (C=O) groups is 1. The summed E-state index contributed by atoms with van der Waals surface area (Å²) in [6, 6.07) is 31.2. The molecule has 1 amide bonds. The van der Waals surface area contributed by atoms with Crippen LogP contribution < -0.4 is 14.4 Å². The first kappa shape index (κ1) is 35.9. The first-order valence-electron chi connectivity index (χ1n) is 19.5. The summed E-state index contributed by atoms with van der Waals surface area (Å²) in [4.78, 5) is 25.0. The van der Waals surface area contributed by atoms with Crippen LogP contribution in [0.1, 0.15) is 57.6 Å². The average Bonchev–Trinajstić information content (AvgIpc) is 3.66. The number of pyridine rings is 1. The van der Waals surface area contributed by atoms with Gasteiger partial charge in [-0.2, -0.15) is 10.1 Å². The molecule has 3 saturated heterocycles. The van der Waals surface area contributed by atoms with Crippen molar-refractivity contribution in [2.75, 3.05) is 37.6 Å². The standard InChI is InChI=1S/C44H52N6O4/c1-44(2,3)54-43(51)50-34-18-19-35(50)28-48(27-34)26-31-22-24-49(25-23-31)38-17-11-16-36-40(46-47(4)41(36)38)37-20-21-39(52-29-32-12-7-5-8-13-32)45-42(37)53-30-33-14-9-6-10-15-33/h5-17,20-21,31,34-35H,18-19,22-30H2,1-4H3. The summed E-state index contributed by atoms with van der Waals surface area (Å²) in [6.07, 6.45) is 4.26. The largest absolute Gasteiger partial charge is 0.473 e. The van der Waals surface area contributed by atoms with Crippen LogP contribution in [0.4, 0.5) is 10.5 Å². The fourth-order valence-electron chi connectivity index (χ4n) is 8.50. The minimum absolute atomic E-state index is 0.146. The molecule has 3 aromatic carbocycles. The second-order valence-corrected chi connectivity index (χ2v) is 16.1. The van der Waals surface area contributed by atoms with E-state index in [0.717, 1.165) is 91.7 Å². The van der Waals surface area contributed by atoms with E-state index in [1.807, 2.05) is 98.1 Å². The van der Waals surface area contributed by atoms with Gasteiger partial charge in [-0.05, 0) is 75.6 Å². The molecule has 2 aromatic heterocycles. The Hall–Kier alpha value is -5.09. The summed E-state index contributed by atoms with van der Waals surface area (Å²) in [5.74, 6) is 1.64. The maximum absolute atomic E-state index is 13.0. The van der Waals surface area contributed by atoms with Gasteiger partial charge < -0.3 is 19.1 Å². The van der Waals surface area contributed by atoms with Gasteiger partial charge in [0.05, 0.1) is 16.8 Å². The Kier molecular flexibility index (Phi) is 10.2. The molecular weight excluding hydrogens is 677 g/mol. The molecule has 0 radical (unpaired) electrons. The van der Waals surface area contributed by atoms with Gasteiger partial charge in [-0.15, -0.1) is 0 Å². The van der Waals surface area contributed by atoms with Crippen LogP contribution in [-0.4, -0.2) is 81.1 Å². The van der Waals surface area contributed by atoms with Gasteiger partial charge in [-0.25, -0.2) is 4.79 Å². The second-order valence-electron chi connectivity index (χ2n) is 16.1. The summed E-state index contributed by atoms with van der Waals surface area (Å²) in [6.45, 7) is 11.6. The summed E-state index contributed by atoms with van der Waals surface area (Å²) in [5, 5.41) is 6.16. The Balaban J connectivity index is 0.967. The molecule has 10 heteroatoms. The van der Waals surface area contributed by atoms with Gasteiger partial charge in [-0.1, -0.05) is 72.8 Å². The Morgan fingerprint density at radius 1 is 0.778 bits per heavy atom. The van der Waals surface area contributed by atoms with E-state index in [1.54, 1.807) is 0 Å². The number of piperidine rings is 1. The molecule has 282 valence electrons. The van der Waals surface area contributed by atoms with E-state index >= 15 is 0 Å². The van der Waals surface area contributed by atoms with Crippen LogP contribution in [0.3, 0.4) is 0 Å². The highest BCUT2D eigenvalue weighted by Crippen LogP contribution is 2.39. The van der Waals surface area contributed by atoms with Crippen LogP contribution >= 0.6 is 0 Å². The number of piperazine rings is 1. The number of benzene rings is 3. The minimum Gasteiger partial charge on any atom is -0.473 e. The minimum atomic E-state index is -0.468. The van der Waals surface area contributed by atoms with E-state index in [4.69, 9.17) is 24.3 Å². The zero-order valence-corrected chi connectivity index (χ0v) is 32.0. The molecule has 2 bridgehead atoms. The molecule has 5 heterocycles. The third-order valence-electron chi connectivity index (χ3n) is 11.0. The molecule has 2 atom stereocenters. The van der Waals surface area contributed by atoms with Crippen LogP contribution in [0.25, 0.3) is 22.2 Å². The fourth-order valence-corrected chi connectivity index (χ4v) is 8.50. The van der Waals surface area contributed by atoms with E-state index in [2.05, 4.69) is 40.1 Å². The molecule has 10 nitrogen and oxygen atoms in total. The lowest BCUT2D eigenvalue weighted by molar-refractivity contribution is -0.00667. The number of aromatic nitrogens is 3. The van der Waals surface area contributed by atoms with Crippen LogP contribution in [-0.2, 0) is 25.0 Å². The lowest BCUT2D eigenvalue weighted by atomic mass is 9.94. The maximum atomic E-state index is 13.0. The monoisotopic (exact) mass is 728 g/mol. The summed E-state index contributed by atoms with van der Waals surface area (Å²) in [5.41, 5.74) is 5.66. The molecule has 3 aliphatic rings. The topological polar surface area (TPSA) is 85.2 Å². The summed E-state index contributed by atoms with van der Waals surface area (Å²) in [7, 11) is 2.03. The highest BCUT2D eigenvalue weighted by Gasteiger charge is 2.44. The SMILES string of the molecule is Cn1nc(-c2ccc(OCc3ccccc3)nc2OCc2ccccc2)c2cccc(N3CCC(CN4CC5CCC(C4)N5C(=O)OC(C)(C)C)CC3)c21. The Morgan fingerprint density at radius 3 is 2.07 bits per heavy atom. The zero-order chi connectivity index (χ0) is 37.2. The molecule has 0 N–H and O–H groups in total. The van der Waals surface area contributed by atoms with Crippen molar-refractivity contribution in [3.8, 4) is 23.0 Å². The normalized spacial score (nSPS) is 19.3. The van der Waals surface area contributed by atoms with Crippen LogP contribution in [0, 0.1) is 5.92 Å². The molecular formula is C44H52N6O4. The molecule has 0 saturated carbocycles. The predicted molar refractivity (Wildman–Crippen MR) is 212 cm³/mol. The van der Waals surface area contributed by atoms with Crippen molar-refractivity contribution >= 4 is 22.7 Å². The number of rotatable bonds is 10. The van der Waals surface area contributed by atoms with Gasteiger partial charge in [0.2, 0.25) is 11.8 Å². The predicted octanol–water partition coefficient (Wildman–Crippen LogP) is 8.09. The first-order chi connectivity index (χ1) is 26.2. The van der Waals surface area contributed by atoms with Gasteiger partial charge in [-0.3, -0.25) is 14.5 Å². The van der Waals surface area contributed by atoms with Crippen LogP contribution in [0.2, 0.25) is 0 Å². The lowest BCUT2D eigenvalue weighted by Gasteiger charge is -2.43. The number of aryl methyl sites for hydroxylation is 1. The highest BCUT2D eigenvalue weighted by atomic mass is 16.6. The Morgan fingerprint density at radius 2 is 1.43 bits per heavy atom. The Labute approximate surface area is 318 Å². The molecule has 2 unspecified atom stereocenters. The van der Waals surface area contributed by atoms with Crippen molar-refractivity contribution in [1.82, 2.24) is 24.6 Å². The lowest BCUT2D eigenvalue weighted by Crippen LogP contribution is -2.57. The zero-order valence-electron chi connectivity index (χ0n) is 32.0. The van der Waals surface area contributed by atoms with Gasteiger partial charge in [0.25, 0.3) is 0 Å². The van der Waals surface area contributed by atoms with Crippen molar-refractivity contribution < 1.29 is 19.0 Å². The second kappa shape index (κ2) is 15.3. The number of carbonyl (C=O) groups excluding carboxylic acids is 1. The van der Waals surface area contributed by atoms with E-state index in [9.17, 15) is 4.79 Å². The number of nitrogens with zero attached hydrogens (tertiary/aromatic N) is 6. The van der Waals surface area contributed by atoms with Gasteiger partial charge in [0.15, 0.2) is 0 Å². The Bertz CT molecular complexity index is 2040. The summed E-state index contributed by atoms with van der Waals surface area (Å²) < 4.78 is 20.3. The van der Waals surface area contributed by atoms with E-state index in [1.165, 1.54) is 5.69 Å². The number of anilines is 1. The smallest absolute Gasteiger partial charge is 0.410 e. The number of fused-ring (bicyclic) bond motifs is 3. The number of ether oxygens (including phenoxy) is 3. The third-order valence-corrected chi connectivity index (χ3v) is 11.0. The molecule has 3 aliphatic heterocycles. The third kappa shape index (κ3) is 7.89. The van der Waals surface area contributed by atoms with Crippen LogP contribution in [0.5, 0.6) is 11.8 Å². The fraction of sp³-hybridized carbons (Fsp3) is 0.432. The molecule has 5 aromatic rings. The maximum Gasteiger partial charge on any atom is 0.410 e. The highest BCUT2D eigenvalue weighted by molar-refractivity contribution is 6.01. The van der Waals surface area contributed by atoms with Gasteiger partial charge >= 0.3 is 6.09 Å². The molecule has 54 heavy (non-hydrogen) atoms. The number of para-hydroxylation sites is 1. The number of hydrogen-bond donors (Lipinski definition) is 0. The number of amides is 1. The summed E-state index contributed by atoms with van der Waals surface area (Å²) >= 11 is 0. The van der Waals surface area contributed by atoms with E-state index in [-0.39, 0.29) is 18.2 Å². The quantitative estimate of drug-likeness (QED) is 0.143. The van der Waals surface area contributed by atoms with Crippen molar-refractivity contribution in [2.45, 2.75) is 77.4 Å². The van der Waals surface area contributed by atoms with Crippen molar-refractivity contribution in [2.24, 2.45) is 13.0 Å². The van der Waals surface area contributed by atoms with Crippen molar-refractivity contribution in [3.63, 3.8) is 0 Å². The molecule has 3 fully saturated rings. The van der Waals surface area contributed by atoms with E-state index in [0.29, 0.717) is 30.9 Å². The van der Waals surface area contributed by atoms with Gasteiger partial charge in [0.1, 0.15) is 24.5 Å².